The highest BCUT2D eigenvalue weighted by atomic mass is 79.9. The molecule has 112 valence electrons. The summed E-state index contributed by atoms with van der Waals surface area (Å²) >= 11 is 3.35. The fourth-order valence-corrected chi connectivity index (χ4v) is 2.16. The summed E-state index contributed by atoms with van der Waals surface area (Å²) in [5.74, 6) is 0.739. The molecule has 5 nitrogen and oxygen atoms in total. The molecule has 2 N–H and O–H groups in total. The van der Waals surface area contributed by atoms with Crippen LogP contribution in [0.2, 0.25) is 0 Å². The molecule has 20 heavy (non-hydrogen) atoms. The number of rotatable bonds is 7. The Labute approximate surface area is 127 Å². The molecule has 0 aliphatic heterocycles. The average Bonchev–Trinajstić information content (AvgIpc) is 2.44. The number of carbonyl (C=O) groups is 1. The Morgan fingerprint density at radius 2 is 2.20 bits per heavy atom. The van der Waals surface area contributed by atoms with Gasteiger partial charge in [-0.1, -0.05) is 6.92 Å². The molecular weight excluding hydrogens is 326 g/mol. The molecule has 0 heterocycles. The molecule has 0 aliphatic rings. The quantitative estimate of drug-likeness (QED) is 0.795. The van der Waals surface area contributed by atoms with E-state index in [1.165, 1.54) is 7.11 Å². The van der Waals surface area contributed by atoms with Gasteiger partial charge in [-0.3, -0.25) is 4.79 Å². The van der Waals surface area contributed by atoms with Crippen molar-refractivity contribution in [1.29, 1.82) is 0 Å². The zero-order valence-corrected chi connectivity index (χ0v) is 13.5. The van der Waals surface area contributed by atoms with Crippen LogP contribution in [0.5, 0.6) is 11.5 Å². The van der Waals surface area contributed by atoms with E-state index >= 15 is 0 Å². The Bertz CT molecular complexity index is 465. The first kappa shape index (κ1) is 16.8. The van der Waals surface area contributed by atoms with Crippen molar-refractivity contribution < 1.29 is 19.4 Å². The maximum atomic E-state index is 11.7. The zero-order chi connectivity index (χ0) is 15.1. The van der Waals surface area contributed by atoms with Gasteiger partial charge in [0, 0.05) is 6.04 Å². The normalized spacial score (nSPS) is 11.8. The number of aliphatic hydroxyl groups is 1. The fourth-order valence-electron chi connectivity index (χ4n) is 1.56. The summed E-state index contributed by atoms with van der Waals surface area (Å²) in [6.45, 7) is 3.75. The Kier molecular flexibility index (Phi) is 6.81. The molecule has 0 fully saturated rings. The lowest BCUT2D eigenvalue weighted by Crippen LogP contribution is -2.35. The number of hydrogen-bond donors (Lipinski definition) is 2. The van der Waals surface area contributed by atoms with Crippen molar-refractivity contribution >= 4 is 21.8 Å². The minimum atomic E-state index is -0.181. The van der Waals surface area contributed by atoms with Crippen LogP contribution < -0.4 is 14.8 Å². The van der Waals surface area contributed by atoms with Crippen molar-refractivity contribution in [2.24, 2.45) is 0 Å². The van der Waals surface area contributed by atoms with Crippen LogP contribution >= 0.6 is 15.9 Å². The van der Waals surface area contributed by atoms with Gasteiger partial charge in [0.1, 0.15) is 0 Å². The molecule has 1 amide bonds. The third-order valence-electron chi connectivity index (χ3n) is 2.84. The molecule has 1 rings (SSSR count). The second-order valence-electron chi connectivity index (χ2n) is 4.43. The van der Waals surface area contributed by atoms with E-state index in [1.54, 1.807) is 12.1 Å². The van der Waals surface area contributed by atoms with Crippen LogP contribution in [-0.2, 0) is 11.4 Å². The molecule has 0 aliphatic carbocycles. The molecule has 0 saturated carbocycles. The molecule has 1 unspecified atom stereocenters. The number of hydrogen-bond acceptors (Lipinski definition) is 4. The maximum absolute atomic E-state index is 11.7. The molecule has 0 radical (unpaired) electrons. The smallest absolute Gasteiger partial charge is 0.258 e. The number of halogens is 1. The summed E-state index contributed by atoms with van der Waals surface area (Å²) in [5.41, 5.74) is 0.699. The first-order chi connectivity index (χ1) is 9.51. The number of aliphatic hydroxyl groups excluding tert-OH is 1. The van der Waals surface area contributed by atoms with Gasteiger partial charge < -0.3 is 19.9 Å². The minimum Gasteiger partial charge on any atom is -0.493 e. The van der Waals surface area contributed by atoms with Gasteiger partial charge in [-0.25, -0.2) is 0 Å². The molecule has 0 aromatic heterocycles. The summed E-state index contributed by atoms with van der Waals surface area (Å²) in [7, 11) is 1.51. The van der Waals surface area contributed by atoms with Crippen molar-refractivity contribution in [3.05, 3.63) is 22.2 Å². The summed E-state index contributed by atoms with van der Waals surface area (Å²) < 4.78 is 11.3. The van der Waals surface area contributed by atoms with Crippen LogP contribution in [0.4, 0.5) is 0 Å². The average molecular weight is 346 g/mol. The van der Waals surface area contributed by atoms with E-state index in [2.05, 4.69) is 21.2 Å². The fraction of sp³-hybridized carbons (Fsp3) is 0.500. The van der Waals surface area contributed by atoms with Gasteiger partial charge in [0.05, 0.1) is 18.2 Å². The van der Waals surface area contributed by atoms with Gasteiger partial charge in [0.2, 0.25) is 0 Å². The minimum absolute atomic E-state index is 0.0855. The number of benzene rings is 1. The third-order valence-corrected chi connectivity index (χ3v) is 3.43. The Morgan fingerprint density at radius 3 is 2.75 bits per heavy atom. The van der Waals surface area contributed by atoms with E-state index in [-0.39, 0.29) is 25.2 Å². The van der Waals surface area contributed by atoms with Gasteiger partial charge in [-0.05, 0) is 47.0 Å². The first-order valence-corrected chi connectivity index (χ1v) is 7.20. The largest absolute Gasteiger partial charge is 0.493 e. The van der Waals surface area contributed by atoms with Crippen LogP contribution in [0.1, 0.15) is 25.8 Å². The monoisotopic (exact) mass is 345 g/mol. The van der Waals surface area contributed by atoms with Crippen LogP contribution in [0, 0.1) is 0 Å². The van der Waals surface area contributed by atoms with Crippen LogP contribution in [0.25, 0.3) is 0 Å². The highest BCUT2D eigenvalue weighted by molar-refractivity contribution is 9.10. The standard InChI is InChI=1S/C14H20BrNO4/c1-4-9(2)16-13(18)8-20-14-11(15)5-10(7-17)6-12(14)19-3/h5-6,9,17H,4,7-8H2,1-3H3,(H,16,18). The summed E-state index contributed by atoms with van der Waals surface area (Å²) in [4.78, 5) is 11.7. The van der Waals surface area contributed by atoms with Gasteiger partial charge in [-0.15, -0.1) is 0 Å². The lowest BCUT2D eigenvalue weighted by atomic mass is 10.2. The van der Waals surface area contributed by atoms with Crippen LogP contribution in [-0.4, -0.2) is 30.8 Å². The van der Waals surface area contributed by atoms with Gasteiger partial charge in [0.25, 0.3) is 5.91 Å². The molecule has 6 heteroatoms. The van der Waals surface area contributed by atoms with Crippen molar-refractivity contribution in [3.63, 3.8) is 0 Å². The first-order valence-electron chi connectivity index (χ1n) is 6.41. The van der Waals surface area contributed by atoms with Gasteiger partial charge in [-0.2, -0.15) is 0 Å². The van der Waals surface area contributed by atoms with Crippen LogP contribution in [0.15, 0.2) is 16.6 Å². The highest BCUT2D eigenvalue weighted by Crippen LogP contribution is 2.36. The number of carbonyl (C=O) groups excluding carboxylic acids is 1. The summed E-state index contributed by atoms with van der Waals surface area (Å²) in [6.07, 6.45) is 0.865. The van der Waals surface area contributed by atoms with Crippen molar-refractivity contribution in [3.8, 4) is 11.5 Å². The summed E-state index contributed by atoms with van der Waals surface area (Å²) in [5, 5.41) is 12.0. The van der Waals surface area contributed by atoms with E-state index in [0.29, 0.717) is 21.5 Å². The predicted octanol–water partition coefficient (Wildman–Crippen LogP) is 2.24. The zero-order valence-electron chi connectivity index (χ0n) is 11.9. The van der Waals surface area contributed by atoms with E-state index < -0.39 is 0 Å². The molecule has 0 spiro atoms. The molecule has 0 bridgehead atoms. The van der Waals surface area contributed by atoms with E-state index in [0.717, 1.165) is 6.42 Å². The number of methoxy groups -OCH3 is 1. The van der Waals surface area contributed by atoms with E-state index in [1.807, 2.05) is 13.8 Å². The predicted molar refractivity (Wildman–Crippen MR) is 80.0 cm³/mol. The summed E-state index contributed by atoms with van der Waals surface area (Å²) in [6, 6.07) is 3.52. The Hall–Kier alpha value is -1.27. The molecule has 0 saturated heterocycles. The van der Waals surface area contributed by atoms with Crippen LogP contribution in [0.3, 0.4) is 0 Å². The highest BCUT2D eigenvalue weighted by Gasteiger charge is 2.14. The number of ether oxygens (including phenoxy) is 2. The van der Waals surface area contributed by atoms with Crippen molar-refractivity contribution in [1.82, 2.24) is 5.32 Å². The third kappa shape index (κ3) is 4.68. The molecule has 1 atom stereocenters. The van der Waals surface area contributed by atoms with Gasteiger partial charge >= 0.3 is 0 Å². The van der Waals surface area contributed by atoms with Crippen molar-refractivity contribution in [2.75, 3.05) is 13.7 Å². The SMILES string of the molecule is CCC(C)NC(=O)COc1c(Br)cc(CO)cc1OC. The molecule has 1 aromatic rings. The van der Waals surface area contributed by atoms with E-state index in [4.69, 9.17) is 14.6 Å². The lowest BCUT2D eigenvalue weighted by Gasteiger charge is -2.15. The lowest BCUT2D eigenvalue weighted by molar-refractivity contribution is -0.123. The molecule has 1 aromatic carbocycles. The van der Waals surface area contributed by atoms with E-state index in [9.17, 15) is 4.79 Å². The number of nitrogens with one attached hydrogen (secondary N) is 1. The second kappa shape index (κ2) is 8.11. The van der Waals surface area contributed by atoms with Gasteiger partial charge in [0.15, 0.2) is 18.1 Å². The van der Waals surface area contributed by atoms with Crippen molar-refractivity contribution in [2.45, 2.75) is 32.9 Å². The topological polar surface area (TPSA) is 67.8 Å². The maximum Gasteiger partial charge on any atom is 0.258 e. The second-order valence-corrected chi connectivity index (χ2v) is 5.29. The Morgan fingerprint density at radius 1 is 1.50 bits per heavy atom. The number of amides is 1. The molecular formula is C14H20BrNO4. The Balaban J connectivity index is 2.74.